The smallest absolute Gasteiger partial charge is 0.313 e. The minimum Gasteiger partial charge on any atom is -0.466 e. The first-order chi connectivity index (χ1) is 12.7. The van der Waals surface area contributed by atoms with Crippen molar-refractivity contribution in [2.24, 2.45) is 11.3 Å². The standard InChI is InChI=1S/C20H31N3O3/c1-3-26-19(24)20-8-6-10-22(15-18-7-4-5-9-21-18)13-17(20)14-23(16-20)11-12-25-2/h4-5,7,9,17H,3,6,8,10-16H2,1-2H3/t17-,20-/m1/s1. The highest BCUT2D eigenvalue weighted by Crippen LogP contribution is 2.43. The summed E-state index contributed by atoms with van der Waals surface area (Å²) in [7, 11) is 1.73. The second-order valence-electron chi connectivity index (χ2n) is 7.46. The topological polar surface area (TPSA) is 54.9 Å². The van der Waals surface area contributed by atoms with Crippen LogP contribution in [0.4, 0.5) is 0 Å². The van der Waals surface area contributed by atoms with E-state index in [1.807, 2.05) is 25.3 Å². The average molecular weight is 361 g/mol. The second kappa shape index (κ2) is 8.93. The van der Waals surface area contributed by atoms with E-state index in [9.17, 15) is 4.79 Å². The summed E-state index contributed by atoms with van der Waals surface area (Å²) in [5, 5.41) is 0. The molecule has 2 aliphatic heterocycles. The first kappa shape index (κ1) is 19.3. The molecule has 0 amide bonds. The van der Waals surface area contributed by atoms with Gasteiger partial charge in [-0.25, -0.2) is 0 Å². The van der Waals surface area contributed by atoms with E-state index in [0.717, 1.165) is 57.8 Å². The zero-order valence-electron chi connectivity index (χ0n) is 16.0. The van der Waals surface area contributed by atoms with Crippen LogP contribution in [0.2, 0.25) is 0 Å². The van der Waals surface area contributed by atoms with Gasteiger partial charge in [0.25, 0.3) is 0 Å². The van der Waals surface area contributed by atoms with Crippen molar-refractivity contribution in [3.63, 3.8) is 0 Å². The third-order valence-electron chi connectivity index (χ3n) is 5.75. The van der Waals surface area contributed by atoms with Crippen LogP contribution in [0.3, 0.4) is 0 Å². The summed E-state index contributed by atoms with van der Waals surface area (Å²) < 4.78 is 10.8. The van der Waals surface area contributed by atoms with Crippen LogP contribution in [0.5, 0.6) is 0 Å². The Bertz CT molecular complexity index is 583. The SMILES string of the molecule is CCOC(=O)[C@@]12CCCN(Cc3ccccn3)C[C@@H]1CN(CCOC)C2. The molecule has 0 bridgehead atoms. The van der Waals surface area contributed by atoms with Crippen LogP contribution in [0.15, 0.2) is 24.4 Å². The van der Waals surface area contributed by atoms with Gasteiger partial charge in [0, 0.05) is 51.9 Å². The van der Waals surface area contributed by atoms with Crippen molar-refractivity contribution in [2.45, 2.75) is 26.3 Å². The molecule has 0 aliphatic carbocycles. The van der Waals surface area contributed by atoms with E-state index in [-0.39, 0.29) is 11.4 Å². The van der Waals surface area contributed by atoms with Gasteiger partial charge in [0.2, 0.25) is 0 Å². The average Bonchev–Trinajstić information content (AvgIpc) is 2.90. The maximum Gasteiger partial charge on any atom is 0.313 e. The van der Waals surface area contributed by atoms with Gasteiger partial charge in [0.1, 0.15) is 0 Å². The summed E-state index contributed by atoms with van der Waals surface area (Å²) in [4.78, 5) is 22.2. The zero-order valence-corrected chi connectivity index (χ0v) is 16.0. The maximum absolute atomic E-state index is 12.9. The first-order valence-corrected chi connectivity index (χ1v) is 9.68. The van der Waals surface area contributed by atoms with Crippen molar-refractivity contribution < 1.29 is 14.3 Å². The number of fused-ring (bicyclic) bond motifs is 1. The van der Waals surface area contributed by atoms with Crippen molar-refractivity contribution >= 4 is 5.97 Å². The van der Waals surface area contributed by atoms with Crippen molar-refractivity contribution in [3.8, 4) is 0 Å². The molecule has 1 aromatic heterocycles. The Balaban J connectivity index is 1.74. The third kappa shape index (κ3) is 4.24. The van der Waals surface area contributed by atoms with Crippen molar-refractivity contribution in [3.05, 3.63) is 30.1 Å². The minimum absolute atomic E-state index is 0.00963. The number of methoxy groups -OCH3 is 1. The van der Waals surface area contributed by atoms with Gasteiger partial charge in [0.15, 0.2) is 0 Å². The lowest BCUT2D eigenvalue weighted by Gasteiger charge is -2.31. The van der Waals surface area contributed by atoms with Gasteiger partial charge in [-0.2, -0.15) is 0 Å². The van der Waals surface area contributed by atoms with Crippen LogP contribution in [0.1, 0.15) is 25.5 Å². The van der Waals surface area contributed by atoms with E-state index in [4.69, 9.17) is 9.47 Å². The highest BCUT2D eigenvalue weighted by Gasteiger charge is 2.53. The highest BCUT2D eigenvalue weighted by molar-refractivity contribution is 5.78. The van der Waals surface area contributed by atoms with Crippen LogP contribution in [-0.4, -0.2) is 73.8 Å². The number of aromatic nitrogens is 1. The van der Waals surface area contributed by atoms with E-state index >= 15 is 0 Å². The van der Waals surface area contributed by atoms with Gasteiger partial charge in [-0.1, -0.05) is 6.07 Å². The first-order valence-electron chi connectivity index (χ1n) is 9.68. The van der Waals surface area contributed by atoms with Crippen LogP contribution < -0.4 is 0 Å². The fraction of sp³-hybridized carbons (Fsp3) is 0.700. The molecule has 3 heterocycles. The monoisotopic (exact) mass is 361 g/mol. The number of rotatable bonds is 7. The van der Waals surface area contributed by atoms with Crippen molar-refractivity contribution in [2.75, 3.05) is 53.0 Å². The zero-order chi connectivity index (χ0) is 18.4. The number of carbonyl (C=O) groups is 1. The molecule has 2 atom stereocenters. The molecule has 6 heteroatoms. The molecule has 0 aromatic carbocycles. The minimum atomic E-state index is -0.372. The highest BCUT2D eigenvalue weighted by atomic mass is 16.5. The van der Waals surface area contributed by atoms with Crippen molar-refractivity contribution in [1.82, 2.24) is 14.8 Å². The lowest BCUT2D eigenvalue weighted by molar-refractivity contribution is -0.157. The van der Waals surface area contributed by atoms with E-state index in [0.29, 0.717) is 19.1 Å². The predicted octanol–water partition coefficient (Wildman–Crippen LogP) is 1.81. The molecule has 1 aromatic rings. The Morgan fingerprint density at radius 3 is 2.92 bits per heavy atom. The second-order valence-corrected chi connectivity index (χ2v) is 7.46. The largest absolute Gasteiger partial charge is 0.466 e. The van der Waals surface area contributed by atoms with Gasteiger partial charge in [-0.15, -0.1) is 0 Å². The summed E-state index contributed by atoms with van der Waals surface area (Å²) in [6, 6.07) is 6.05. The van der Waals surface area contributed by atoms with Gasteiger partial charge in [-0.3, -0.25) is 19.6 Å². The summed E-state index contributed by atoms with van der Waals surface area (Å²) in [6.45, 7) is 8.39. The molecule has 3 rings (SSSR count). The molecule has 2 fully saturated rings. The number of pyridine rings is 1. The number of carbonyl (C=O) groups excluding carboxylic acids is 1. The van der Waals surface area contributed by atoms with Crippen LogP contribution in [-0.2, 0) is 20.8 Å². The Morgan fingerprint density at radius 1 is 1.35 bits per heavy atom. The number of ether oxygens (including phenoxy) is 2. The molecule has 2 aliphatic rings. The van der Waals surface area contributed by atoms with E-state index in [2.05, 4.69) is 20.9 Å². The van der Waals surface area contributed by atoms with Gasteiger partial charge in [0.05, 0.1) is 24.3 Å². The molecular formula is C20H31N3O3. The number of esters is 1. The Hall–Kier alpha value is -1.50. The fourth-order valence-electron chi connectivity index (χ4n) is 4.48. The Kier molecular flexibility index (Phi) is 6.62. The summed E-state index contributed by atoms with van der Waals surface area (Å²) >= 11 is 0. The predicted molar refractivity (Wildman–Crippen MR) is 99.6 cm³/mol. The summed E-state index contributed by atoms with van der Waals surface area (Å²) in [6.07, 6.45) is 3.76. The molecule has 144 valence electrons. The summed E-state index contributed by atoms with van der Waals surface area (Å²) in [5.41, 5.74) is 0.716. The fourth-order valence-corrected chi connectivity index (χ4v) is 4.48. The third-order valence-corrected chi connectivity index (χ3v) is 5.75. The molecule has 0 spiro atoms. The van der Waals surface area contributed by atoms with E-state index < -0.39 is 0 Å². The molecule has 0 N–H and O–H groups in total. The van der Waals surface area contributed by atoms with Crippen LogP contribution in [0, 0.1) is 11.3 Å². The molecule has 6 nitrogen and oxygen atoms in total. The number of hydrogen-bond donors (Lipinski definition) is 0. The van der Waals surface area contributed by atoms with Gasteiger partial charge < -0.3 is 9.47 Å². The maximum atomic E-state index is 12.9. The van der Waals surface area contributed by atoms with Gasteiger partial charge in [-0.05, 0) is 38.4 Å². The van der Waals surface area contributed by atoms with Gasteiger partial charge >= 0.3 is 5.97 Å². The Labute approximate surface area is 156 Å². The number of likely N-dealkylation sites (tertiary alicyclic amines) is 2. The van der Waals surface area contributed by atoms with Crippen LogP contribution >= 0.6 is 0 Å². The van der Waals surface area contributed by atoms with Crippen LogP contribution in [0.25, 0.3) is 0 Å². The Morgan fingerprint density at radius 2 is 2.19 bits per heavy atom. The summed E-state index contributed by atoms with van der Waals surface area (Å²) in [5.74, 6) is 0.286. The van der Waals surface area contributed by atoms with Crippen molar-refractivity contribution in [1.29, 1.82) is 0 Å². The number of nitrogens with zero attached hydrogens (tertiary/aromatic N) is 3. The molecule has 0 saturated carbocycles. The molecule has 0 radical (unpaired) electrons. The molecular weight excluding hydrogens is 330 g/mol. The molecule has 2 saturated heterocycles. The number of hydrogen-bond acceptors (Lipinski definition) is 6. The quantitative estimate of drug-likeness (QED) is 0.691. The van der Waals surface area contributed by atoms with E-state index in [1.165, 1.54) is 0 Å². The van der Waals surface area contributed by atoms with E-state index in [1.54, 1.807) is 7.11 Å². The lowest BCUT2D eigenvalue weighted by Crippen LogP contribution is -2.42. The molecule has 26 heavy (non-hydrogen) atoms. The normalized spacial score (nSPS) is 27.1. The lowest BCUT2D eigenvalue weighted by atomic mass is 9.75. The molecule has 0 unspecified atom stereocenters.